The maximum Gasteiger partial charge on any atom is 0.134 e. The summed E-state index contributed by atoms with van der Waals surface area (Å²) in [5.74, 6) is 1.23. The molecule has 0 aliphatic heterocycles. The van der Waals surface area contributed by atoms with E-state index in [4.69, 9.17) is 4.42 Å². The Kier molecular flexibility index (Phi) is 3.11. The second-order valence-corrected chi connectivity index (χ2v) is 5.06. The molecule has 0 saturated carbocycles. The summed E-state index contributed by atoms with van der Waals surface area (Å²) in [4.78, 5) is 0. The van der Waals surface area contributed by atoms with E-state index in [1.54, 1.807) is 6.07 Å². The summed E-state index contributed by atoms with van der Waals surface area (Å²) in [5.41, 5.74) is 3.80. The van der Waals surface area contributed by atoms with Crippen molar-refractivity contribution in [3.8, 4) is 5.75 Å². The van der Waals surface area contributed by atoms with Crippen LogP contribution >= 0.6 is 0 Å². The summed E-state index contributed by atoms with van der Waals surface area (Å²) < 4.78 is 5.77. The van der Waals surface area contributed by atoms with Gasteiger partial charge in [0.15, 0.2) is 0 Å². The van der Waals surface area contributed by atoms with Gasteiger partial charge in [-0.25, -0.2) is 0 Å². The quantitative estimate of drug-likeness (QED) is 0.693. The van der Waals surface area contributed by atoms with E-state index in [9.17, 15) is 5.11 Å². The van der Waals surface area contributed by atoms with Crippen LogP contribution in [-0.4, -0.2) is 5.11 Å². The first kappa shape index (κ1) is 12.6. The number of benzene rings is 2. The zero-order chi connectivity index (χ0) is 14.1. The second kappa shape index (κ2) is 4.93. The minimum atomic E-state index is 0.330. The lowest BCUT2D eigenvalue weighted by atomic mass is 10.1. The standard InChI is InChI=1S/C17H17NO2/c1-11-8-16(19)12(2)7-15(11)18-10-14-9-13-5-3-4-6-17(13)20-14/h3-9,18-19H,10H2,1-2H3. The summed E-state index contributed by atoms with van der Waals surface area (Å²) >= 11 is 0. The Morgan fingerprint density at radius 3 is 2.65 bits per heavy atom. The number of aromatic hydroxyl groups is 1. The maximum atomic E-state index is 9.66. The van der Waals surface area contributed by atoms with Crippen LogP contribution < -0.4 is 5.32 Å². The molecule has 0 unspecified atom stereocenters. The van der Waals surface area contributed by atoms with Gasteiger partial charge in [0.1, 0.15) is 17.1 Å². The molecular formula is C17H17NO2. The molecule has 3 aromatic rings. The summed E-state index contributed by atoms with van der Waals surface area (Å²) in [7, 11) is 0. The van der Waals surface area contributed by atoms with Crippen molar-refractivity contribution in [2.24, 2.45) is 0 Å². The molecule has 20 heavy (non-hydrogen) atoms. The first-order chi connectivity index (χ1) is 9.63. The third-order valence-electron chi connectivity index (χ3n) is 3.47. The zero-order valence-electron chi connectivity index (χ0n) is 11.6. The number of furan rings is 1. The van der Waals surface area contributed by atoms with Gasteiger partial charge in [0.2, 0.25) is 0 Å². The van der Waals surface area contributed by atoms with Gasteiger partial charge in [0.05, 0.1) is 6.54 Å². The average molecular weight is 267 g/mol. The van der Waals surface area contributed by atoms with E-state index < -0.39 is 0 Å². The van der Waals surface area contributed by atoms with Crippen molar-refractivity contribution in [2.45, 2.75) is 20.4 Å². The van der Waals surface area contributed by atoms with E-state index in [-0.39, 0.29) is 0 Å². The van der Waals surface area contributed by atoms with Gasteiger partial charge in [-0.05, 0) is 49.2 Å². The summed E-state index contributed by atoms with van der Waals surface area (Å²) in [6.45, 7) is 4.49. The summed E-state index contributed by atoms with van der Waals surface area (Å²) in [6, 6.07) is 13.8. The van der Waals surface area contributed by atoms with Gasteiger partial charge < -0.3 is 14.8 Å². The third-order valence-corrected chi connectivity index (χ3v) is 3.47. The highest BCUT2D eigenvalue weighted by molar-refractivity contribution is 5.77. The van der Waals surface area contributed by atoms with E-state index in [1.165, 1.54) is 0 Å². The molecule has 0 bridgehead atoms. The minimum Gasteiger partial charge on any atom is -0.508 e. The monoisotopic (exact) mass is 267 g/mol. The Labute approximate surface area is 117 Å². The fourth-order valence-electron chi connectivity index (χ4n) is 2.30. The normalized spacial score (nSPS) is 10.9. The Morgan fingerprint density at radius 1 is 1.05 bits per heavy atom. The largest absolute Gasteiger partial charge is 0.508 e. The van der Waals surface area contributed by atoms with Crippen molar-refractivity contribution >= 4 is 16.7 Å². The minimum absolute atomic E-state index is 0.330. The van der Waals surface area contributed by atoms with Gasteiger partial charge in [-0.2, -0.15) is 0 Å². The molecule has 0 atom stereocenters. The number of phenols is 1. The lowest BCUT2D eigenvalue weighted by Crippen LogP contribution is -2.00. The topological polar surface area (TPSA) is 45.4 Å². The van der Waals surface area contributed by atoms with Gasteiger partial charge in [-0.15, -0.1) is 0 Å². The van der Waals surface area contributed by atoms with E-state index >= 15 is 0 Å². The van der Waals surface area contributed by atoms with Crippen molar-refractivity contribution in [3.05, 3.63) is 59.4 Å². The highest BCUT2D eigenvalue weighted by Gasteiger charge is 2.06. The van der Waals surface area contributed by atoms with Gasteiger partial charge >= 0.3 is 0 Å². The van der Waals surface area contributed by atoms with Crippen molar-refractivity contribution in [1.82, 2.24) is 0 Å². The van der Waals surface area contributed by atoms with Crippen LogP contribution in [0, 0.1) is 13.8 Å². The van der Waals surface area contributed by atoms with Crippen LogP contribution in [-0.2, 0) is 6.54 Å². The summed E-state index contributed by atoms with van der Waals surface area (Å²) in [6.07, 6.45) is 0. The molecule has 3 heteroatoms. The van der Waals surface area contributed by atoms with Gasteiger partial charge in [-0.3, -0.25) is 0 Å². The second-order valence-electron chi connectivity index (χ2n) is 5.06. The van der Waals surface area contributed by atoms with Crippen molar-refractivity contribution in [2.75, 3.05) is 5.32 Å². The zero-order valence-corrected chi connectivity index (χ0v) is 11.6. The van der Waals surface area contributed by atoms with Crippen LogP contribution in [0.4, 0.5) is 5.69 Å². The molecule has 1 aromatic heterocycles. The van der Waals surface area contributed by atoms with Crippen molar-refractivity contribution in [1.29, 1.82) is 0 Å². The Balaban J connectivity index is 1.81. The highest BCUT2D eigenvalue weighted by Crippen LogP contribution is 2.26. The third kappa shape index (κ3) is 2.35. The molecule has 0 radical (unpaired) electrons. The molecular weight excluding hydrogens is 250 g/mol. The molecule has 0 spiro atoms. The lowest BCUT2D eigenvalue weighted by Gasteiger charge is -2.10. The lowest BCUT2D eigenvalue weighted by molar-refractivity contribution is 0.471. The van der Waals surface area contributed by atoms with Crippen molar-refractivity contribution < 1.29 is 9.52 Å². The molecule has 102 valence electrons. The fourth-order valence-corrected chi connectivity index (χ4v) is 2.30. The van der Waals surface area contributed by atoms with E-state index in [1.807, 2.05) is 50.2 Å². The Hall–Kier alpha value is -2.42. The van der Waals surface area contributed by atoms with E-state index in [0.29, 0.717) is 12.3 Å². The molecule has 2 aromatic carbocycles. The first-order valence-corrected chi connectivity index (χ1v) is 6.65. The molecule has 0 fully saturated rings. The van der Waals surface area contributed by atoms with Gasteiger partial charge in [0.25, 0.3) is 0 Å². The molecule has 3 nitrogen and oxygen atoms in total. The predicted octanol–water partition coefficient (Wildman–Crippen LogP) is 4.37. The fraction of sp³-hybridized carbons (Fsp3) is 0.176. The number of fused-ring (bicyclic) bond motifs is 1. The number of phenolic OH excluding ortho intramolecular Hbond substituents is 1. The van der Waals surface area contributed by atoms with Crippen LogP contribution in [0.15, 0.2) is 46.9 Å². The molecule has 0 amide bonds. The highest BCUT2D eigenvalue weighted by atomic mass is 16.3. The number of aryl methyl sites for hydroxylation is 2. The van der Waals surface area contributed by atoms with E-state index in [0.717, 1.165) is 33.5 Å². The number of para-hydroxylation sites is 1. The van der Waals surface area contributed by atoms with E-state index in [2.05, 4.69) is 5.32 Å². The number of nitrogens with one attached hydrogen (secondary N) is 1. The van der Waals surface area contributed by atoms with Gasteiger partial charge in [-0.1, -0.05) is 18.2 Å². The molecule has 1 heterocycles. The van der Waals surface area contributed by atoms with Crippen LogP contribution in [0.2, 0.25) is 0 Å². The number of hydrogen-bond acceptors (Lipinski definition) is 3. The summed E-state index contributed by atoms with van der Waals surface area (Å²) in [5, 5.41) is 14.1. The van der Waals surface area contributed by atoms with Crippen LogP contribution in [0.1, 0.15) is 16.9 Å². The Bertz CT molecular complexity index is 726. The van der Waals surface area contributed by atoms with Crippen LogP contribution in [0.5, 0.6) is 5.75 Å². The smallest absolute Gasteiger partial charge is 0.134 e. The van der Waals surface area contributed by atoms with Crippen molar-refractivity contribution in [3.63, 3.8) is 0 Å². The Morgan fingerprint density at radius 2 is 1.85 bits per heavy atom. The first-order valence-electron chi connectivity index (χ1n) is 6.65. The number of hydrogen-bond donors (Lipinski definition) is 2. The number of rotatable bonds is 3. The number of anilines is 1. The molecule has 2 N–H and O–H groups in total. The molecule has 0 aliphatic carbocycles. The predicted molar refractivity (Wildman–Crippen MR) is 81.1 cm³/mol. The molecule has 0 aliphatic rings. The van der Waals surface area contributed by atoms with Crippen LogP contribution in [0.3, 0.4) is 0 Å². The molecule has 3 rings (SSSR count). The van der Waals surface area contributed by atoms with Crippen LogP contribution in [0.25, 0.3) is 11.0 Å². The maximum absolute atomic E-state index is 9.66. The SMILES string of the molecule is Cc1cc(NCc2cc3ccccc3o2)c(C)cc1O. The average Bonchev–Trinajstić information content (AvgIpc) is 2.84. The van der Waals surface area contributed by atoms with Gasteiger partial charge in [0, 0.05) is 11.1 Å². The molecule has 0 saturated heterocycles.